The lowest BCUT2D eigenvalue weighted by molar-refractivity contribution is 0.903. The smallest absolute Gasteiger partial charge is 0.188 e. The van der Waals surface area contributed by atoms with E-state index in [4.69, 9.17) is 11.6 Å². The van der Waals surface area contributed by atoms with E-state index >= 15 is 0 Å². The average Bonchev–Trinajstić information content (AvgIpc) is 2.01. The average molecular weight is 229 g/mol. The molecule has 0 bridgehead atoms. The summed E-state index contributed by atoms with van der Waals surface area (Å²) in [7, 11) is 0. The predicted molar refractivity (Wildman–Crippen MR) is 61.8 cm³/mol. The van der Waals surface area contributed by atoms with Crippen LogP contribution in [0.15, 0.2) is 22.3 Å². The monoisotopic (exact) mass is 228 g/mol. The van der Waals surface area contributed by atoms with Gasteiger partial charge in [0.15, 0.2) is 5.16 Å². The normalized spacial score (nSPS) is 11.9. The highest BCUT2D eigenvalue weighted by Gasteiger charge is 1.98. The molecule has 1 rings (SSSR count). The topological polar surface area (TPSA) is 25.8 Å². The highest BCUT2D eigenvalue weighted by Crippen LogP contribution is 2.15. The van der Waals surface area contributed by atoms with Crippen molar-refractivity contribution < 1.29 is 0 Å². The second-order valence-corrected chi connectivity index (χ2v) is 4.62. The molecule has 0 aliphatic heterocycles. The fourth-order valence-corrected chi connectivity index (χ4v) is 2.06. The van der Waals surface area contributed by atoms with Crippen LogP contribution in [0.2, 0.25) is 0 Å². The second kappa shape index (κ2) is 5.37. The molecule has 0 spiro atoms. The van der Waals surface area contributed by atoms with E-state index in [0.29, 0.717) is 0 Å². The molecule has 0 atom stereocenters. The molecule has 76 valence electrons. The molecule has 1 aromatic heterocycles. The molecule has 0 radical (unpaired) electrons. The van der Waals surface area contributed by atoms with E-state index in [9.17, 15) is 0 Å². The molecule has 0 unspecified atom stereocenters. The lowest BCUT2D eigenvalue weighted by atomic mass is 10.4. The van der Waals surface area contributed by atoms with Crippen LogP contribution < -0.4 is 0 Å². The first-order valence-electron chi connectivity index (χ1n) is 4.35. The molecular formula is C10H13ClN2S. The maximum atomic E-state index is 5.71. The summed E-state index contributed by atoms with van der Waals surface area (Å²) in [5.74, 6) is 0.818. The molecule has 0 amide bonds. The highest BCUT2D eigenvalue weighted by atomic mass is 35.5. The van der Waals surface area contributed by atoms with Gasteiger partial charge in [0.05, 0.1) is 0 Å². The number of halogens is 1. The number of nitrogens with zero attached hydrogens (tertiary/aromatic N) is 2. The van der Waals surface area contributed by atoms with Crippen LogP contribution in [0.25, 0.3) is 0 Å². The standard InChI is InChI=1S/C10H13ClN2S/c1-7(11)4-5-14-10-12-8(2)6-9(3)13-10/h4,6H,5H2,1-3H3. The Hall–Kier alpha value is -0.540. The third kappa shape index (κ3) is 4.11. The lowest BCUT2D eigenvalue weighted by Gasteiger charge is -2.00. The summed E-state index contributed by atoms with van der Waals surface area (Å²) in [4.78, 5) is 8.62. The number of hydrogen-bond acceptors (Lipinski definition) is 3. The first-order chi connectivity index (χ1) is 6.58. The molecule has 0 saturated carbocycles. The fraction of sp³-hybridized carbons (Fsp3) is 0.400. The van der Waals surface area contributed by atoms with Gasteiger partial charge >= 0.3 is 0 Å². The molecule has 0 fully saturated rings. The number of aromatic nitrogens is 2. The molecule has 0 N–H and O–H groups in total. The van der Waals surface area contributed by atoms with Gasteiger partial charge in [0.1, 0.15) is 0 Å². The molecule has 1 aromatic rings. The fourth-order valence-electron chi connectivity index (χ4n) is 0.989. The van der Waals surface area contributed by atoms with Gasteiger partial charge in [-0.15, -0.1) is 0 Å². The van der Waals surface area contributed by atoms with Gasteiger partial charge in [-0.05, 0) is 26.8 Å². The van der Waals surface area contributed by atoms with Crippen molar-refractivity contribution in [2.24, 2.45) is 0 Å². The maximum absolute atomic E-state index is 5.71. The Morgan fingerprint density at radius 2 is 2.00 bits per heavy atom. The summed E-state index contributed by atoms with van der Waals surface area (Å²) in [6.45, 7) is 5.81. The molecule has 2 nitrogen and oxygen atoms in total. The Kier molecular flexibility index (Phi) is 4.42. The molecule has 1 heterocycles. The van der Waals surface area contributed by atoms with Crippen LogP contribution in [0, 0.1) is 13.8 Å². The Labute approximate surface area is 93.8 Å². The van der Waals surface area contributed by atoms with Crippen LogP contribution in [-0.4, -0.2) is 15.7 Å². The van der Waals surface area contributed by atoms with E-state index < -0.39 is 0 Å². The minimum absolute atomic E-state index is 0.807. The first-order valence-corrected chi connectivity index (χ1v) is 5.71. The van der Waals surface area contributed by atoms with Gasteiger partial charge in [0, 0.05) is 22.2 Å². The number of rotatable bonds is 3. The lowest BCUT2D eigenvalue weighted by Crippen LogP contribution is -1.92. The first kappa shape index (κ1) is 11.5. The van der Waals surface area contributed by atoms with Crippen LogP contribution in [-0.2, 0) is 0 Å². The second-order valence-electron chi connectivity index (χ2n) is 3.04. The van der Waals surface area contributed by atoms with Crippen LogP contribution in [0.3, 0.4) is 0 Å². The molecular weight excluding hydrogens is 216 g/mol. The van der Waals surface area contributed by atoms with E-state index in [1.165, 1.54) is 0 Å². The van der Waals surface area contributed by atoms with Crippen molar-refractivity contribution in [2.45, 2.75) is 25.9 Å². The summed E-state index contributed by atoms with van der Waals surface area (Å²) in [5, 5.41) is 1.62. The molecule has 4 heteroatoms. The number of thioether (sulfide) groups is 1. The van der Waals surface area contributed by atoms with Gasteiger partial charge in [-0.2, -0.15) is 0 Å². The largest absolute Gasteiger partial charge is 0.228 e. The van der Waals surface area contributed by atoms with Gasteiger partial charge < -0.3 is 0 Å². The van der Waals surface area contributed by atoms with Crippen molar-refractivity contribution in [3.63, 3.8) is 0 Å². The van der Waals surface area contributed by atoms with E-state index in [2.05, 4.69) is 9.97 Å². The van der Waals surface area contributed by atoms with Crippen LogP contribution in [0.5, 0.6) is 0 Å². The van der Waals surface area contributed by atoms with Crippen molar-refractivity contribution >= 4 is 23.4 Å². The highest BCUT2D eigenvalue weighted by molar-refractivity contribution is 7.99. The zero-order valence-corrected chi connectivity index (χ0v) is 10.1. The molecule has 0 aliphatic rings. The van der Waals surface area contributed by atoms with Crippen molar-refractivity contribution in [3.8, 4) is 0 Å². The molecule has 0 saturated heterocycles. The van der Waals surface area contributed by atoms with Crippen LogP contribution >= 0.6 is 23.4 Å². The van der Waals surface area contributed by atoms with Crippen molar-refractivity contribution in [3.05, 3.63) is 28.6 Å². The Morgan fingerprint density at radius 1 is 1.43 bits per heavy atom. The summed E-state index contributed by atoms with van der Waals surface area (Å²) < 4.78 is 0. The summed E-state index contributed by atoms with van der Waals surface area (Å²) in [6, 6.07) is 1.96. The quantitative estimate of drug-likeness (QED) is 0.586. The number of allylic oxidation sites excluding steroid dienone is 1. The van der Waals surface area contributed by atoms with Gasteiger partial charge in [0.25, 0.3) is 0 Å². The predicted octanol–water partition coefficient (Wildman–Crippen LogP) is 3.33. The minimum Gasteiger partial charge on any atom is -0.228 e. The van der Waals surface area contributed by atoms with Crippen molar-refractivity contribution in [2.75, 3.05) is 5.75 Å². The summed E-state index contributed by atoms with van der Waals surface area (Å²) >= 11 is 7.31. The zero-order valence-electron chi connectivity index (χ0n) is 8.54. The number of aryl methyl sites for hydroxylation is 2. The molecule has 0 aromatic carbocycles. The van der Waals surface area contributed by atoms with Crippen molar-refractivity contribution in [1.29, 1.82) is 0 Å². The number of hydrogen-bond donors (Lipinski definition) is 0. The SMILES string of the molecule is CC(Cl)=CCSc1nc(C)cc(C)n1. The van der Waals surface area contributed by atoms with E-state index in [1.807, 2.05) is 32.9 Å². The van der Waals surface area contributed by atoms with Gasteiger partial charge in [0.2, 0.25) is 0 Å². The summed E-state index contributed by atoms with van der Waals surface area (Å²) in [6.07, 6.45) is 1.95. The van der Waals surface area contributed by atoms with Gasteiger partial charge in [-0.25, -0.2) is 9.97 Å². The van der Waals surface area contributed by atoms with E-state index in [0.717, 1.165) is 27.3 Å². The van der Waals surface area contributed by atoms with Crippen LogP contribution in [0.1, 0.15) is 18.3 Å². The molecule has 14 heavy (non-hydrogen) atoms. The Balaban J connectivity index is 2.63. The molecule has 0 aliphatic carbocycles. The maximum Gasteiger partial charge on any atom is 0.188 e. The zero-order chi connectivity index (χ0) is 10.6. The van der Waals surface area contributed by atoms with Gasteiger partial charge in [-0.1, -0.05) is 29.4 Å². The van der Waals surface area contributed by atoms with Gasteiger partial charge in [-0.3, -0.25) is 0 Å². The third-order valence-corrected chi connectivity index (χ3v) is 2.47. The van der Waals surface area contributed by atoms with Crippen molar-refractivity contribution in [1.82, 2.24) is 9.97 Å². The van der Waals surface area contributed by atoms with E-state index in [-0.39, 0.29) is 0 Å². The summed E-state index contributed by atoms with van der Waals surface area (Å²) in [5.41, 5.74) is 2.01. The Bertz CT molecular complexity index is 326. The Morgan fingerprint density at radius 3 is 2.50 bits per heavy atom. The van der Waals surface area contributed by atoms with Crippen LogP contribution in [0.4, 0.5) is 0 Å². The third-order valence-electron chi connectivity index (χ3n) is 1.54. The minimum atomic E-state index is 0.807. The van der Waals surface area contributed by atoms with E-state index in [1.54, 1.807) is 11.8 Å².